The Labute approximate surface area is 87.0 Å². The molecule has 1 amide bonds. The molecule has 14 heavy (non-hydrogen) atoms. The van der Waals surface area contributed by atoms with Crippen LogP contribution in [0, 0.1) is 6.92 Å². The minimum absolute atomic E-state index is 0.0398. The smallest absolute Gasteiger partial charge is 0.226 e. The predicted molar refractivity (Wildman–Crippen MR) is 55.2 cm³/mol. The molecule has 1 rings (SSSR count). The maximum atomic E-state index is 11.3. The summed E-state index contributed by atoms with van der Waals surface area (Å²) in [7, 11) is 0. The standard InChI is InChI=1S/C9H14N2O2S/c1-6(4-12)10-9(13)3-8-5-14-7(2)11-8/h5-6,12H,3-4H2,1-2H3,(H,10,13). The molecule has 0 saturated heterocycles. The van der Waals surface area contributed by atoms with Crippen molar-refractivity contribution in [2.75, 3.05) is 6.61 Å². The van der Waals surface area contributed by atoms with Crippen LogP contribution in [-0.4, -0.2) is 28.6 Å². The van der Waals surface area contributed by atoms with Crippen molar-refractivity contribution in [2.24, 2.45) is 0 Å². The number of aryl methyl sites for hydroxylation is 1. The minimum atomic E-state index is -0.192. The Morgan fingerprint density at radius 2 is 2.50 bits per heavy atom. The highest BCUT2D eigenvalue weighted by Crippen LogP contribution is 2.08. The van der Waals surface area contributed by atoms with E-state index in [1.807, 2.05) is 12.3 Å². The molecular weight excluding hydrogens is 200 g/mol. The lowest BCUT2D eigenvalue weighted by molar-refractivity contribution is -0.121. The lowest BCUT2D eigenvalue weighted by atomic mass is 10.3. The molecule has 1 unspecified atom stereocenters. The first kappa shape index (κ1) is 11.1. The quantitative estimate of drug-likeness (QED) is 0.767. The average Bonchev–Trinajstić information content (AvgIpc) is 2.50. The number of hydrogen-bond donors (Lipinski definition) is 2. The summed E-state index contributed by atoms with van der Waals surface area (Å²) in [6.07, 6.45) is 0.286. The summed E-state index contributed by atoms with van der Waals surface area (Å²) in [5, 5.41) is 14.2. The maximum Gasteiger partial charge on any atom is 0.226 e. The third kappa shape index (κ3) is 3.43. The van der Waals surface area contributed by atoms with Crippen molar-refractivity contribution >= 4 is 17.2 Å². The number of aromatic nitrogens is 1. The summed E-state index contributed by atoms with van der Waals surface area (Å²) in [4.78, 5) is 15.5. The Morgan fingerprint density at radius 3 is 3.00 bits per heavy atom. The number of aliphatic hydroxyl groups excluding tert-OH is 1. The van der Waals surface area contributed by atoms with Gasteiger partial charge in [-0.15, -0.1) is 11.3 Å². The van der Waals surface area contributed by atoms with Gasteiger partial charge in [0.05, 0.1) is 23.7 Å². The molecule has 0 radical (unpaired) electrons. The van der Waals surface area contributed by atoms with Gasteiger partial charge >= 0.3 is 0 Å². The van der Waals surface area contributed by atoms with E-state index in [9.17, 15) is 4.79 Å². The first-order chi connectivity index (χ1) is 6.61. The number of amides is 1. The van der Waals surface area contributed by atoms with Crippen LogP contribution in [0.2, 0.25) is 0 Å². The van der Waals surface area contributed by atoms with Crippen molar-refractivity contribution in [1.29, 1.82) is 0 Å². The third-order valence-electron chi connectivity index (χ3n) is 1.69. The maximum absolute atomic E-state index is 11.3. The Kier molecular flexibility index (Phi) is 4.03. The molecule has 1 atom stereocenters. The third-order valence-corrected chi connectivity index (χ3v) is 2.51. The van der Waals surface area contributed by atoms with Crippen LogP contribution in [0.25, 0.3) is 0 Å². The first-order valence-electron chi connectivity index (χ1n) is 4.43. The number of aliphatic hydroxyl groups is 1. The number of nitrogens with zero attached hydrogens (tertiary/aromatic N) is 1. The van der Waals surface area contributed by atoms with Crippen LogP contribution < -0.4 is 5.32 Å². The number of rotatable bonds is 4. The summed E-state index contributed by atoms with van der Waals surface area (Å²) >= 11 is 1.53. The van der Waals surface area contributed by atoms with Crippen molar-refractivity contribution in [2.45, 2.75) is 26.3 Å². The molecule has 1 aromatic heterocycles. The van der Waals surface area contributed by atoms with E-state index < -0.39 is 0 Å². The van der Waals surface area contributed by atoms with E-state index >= 15 is 0 Å². The Hall–Kier alpha value is -0.940. The summed E-state index contributed by atoms with van der Waals surface area (Å²) in [5.41, 5.74) is 0.787. The molecule has 0 aliphatic rings. The molecule has 1 heterocycles. The van der Waals surface area contributed by atoms with Crippen LogP contribution in [-0.2, 0) is 11.2 Å². The molecule has 5 heteroatoms. The van der Waals surface area contributed by atoms with Gasteiger partial charge in [0.2, 0.25) is 5.91 Å². The van der Waals surface area contributed by atoms with Crippen LogP contribution in [0.4, 0.5) is 0 Å². The monoisotopic (exact) mass is 214 g/mol. The highest BCUT2D eigenvalue weighted by molar-refractivity contribution is 7.09. The van der Waals surface area contributed by atoms with Gasteiger partial charge in [-0.3, -0.25) is 4.79 Å². The predicted octanol–water partition coefficient (Wildman–Crippen LogP) is 0.491. The van der Waals surface area contributed by atoms with Crippen molar-refractivity contribution in [1.82, 2.24) is 10.3 Å². The van der Waals surface area contributed by atoms with E-state index in [0.717, 1.165) is 10.7 Å². The minimum Gasteiger partial charge on any atom is -0.394 e. The van der Waals surface area contributed by atoms with Crippen molar-refractivity contribution in [3.8, 4) is 0 Å². The van der Waals surface area contributed by atoms with E-state index in [-0.39, 0.29) is 25.0 Å². The molecule has 0 aromatic carbocycles. The molecule has 0 bridgehead atoms. The SMILES string of the molecule is Cc1nc(CC(=O)NC(C)CO)cs1. The summed E-state index contributed by atoms with van der Waals surface area (Å²) in [6.45, 7) is 3.62. The van der Waals surface area contributed by atoms with Crippen LogP contribution in [0.1, 0.15) is 17.6 Å². The second-order valence-electron chi connectivity index (χ2n) is 3.19. The van der Waals surface area contributed by atoms with E-state index in [2.05, 4.69) is 10.3 Å². The van der Waals surface area contributed by atoms with Gasteiger partial charge in [-0.05, 0) is 13.8 Å². The fraction of sp³-hybridized carbons (Fsp3) is 0.556. The molecule has 0 saturated carbocycles. The van der Waals surface area contributed by atoms with Crippen LogP contribution in [0.5, 0.6) is 0 Å². The zero-order chi connectivity index (χ0) is 10.6. The molecule has 0 spiro atoms. The Morgan fingerprint density at radius 1 is 1.79 bits per heavy atom. The van der Waals surface area contributed by atoms with Gasteiger partial charge in [0.1, 0.15) is 0 Å². The highest BCUT2D eigenvalue weighted by atomic mass is 32.1. The lowest BCUT2D eigenvalue weighted by Crippen LogP contribution is -2.36. The number of carbonyl (C=O) groups excluding carboxylic acids is 1. The van der Waals surface area contributed by atoms with Gasteiger partial charge in [0.15, 0.2) is 0 Å². The molecule has 78 valence electrons. The summed E-state index contributed by atoms with van der Waals surface area (Å²) in [6, 6.07) is -0.192. The first-order valence-corrected chi connectivity index (χ1v) is 5.31. The van der Waals surface area contributed by atoms with Crippen molar-refractivity contribution in [3.63, 3.8) is 0 Å². The largest absolute Gasteiger partial charge is 0.394 e. The molecule has 2 N–H and O–H groups in total. The second-order valence-corrected chi connectivity index (χ2v) is 4.25. The number of nitrogens with one attached hydrogen (secondary N) is 1. The zero-order valence-corrected chi connectivity index (χ0v) is 9.10. The van der Waals surface area contributed by atoms with Gasteiger partial charge in [0, 0.05) is 11.4 Å². The Balaban J connectivity index is 2.41. The molecular formula is C9H14N2O2S. The van der Waals surface area contributed by atoms with E-state index in [1.165, 1.54) is 11.3 Å². The summed E-state index contributed by atoms with van der Waals surface area (Å²) < 4.78 is 0. The fourth-order valence-electron chi connectivity index (χ4n) is 1.03. The number of carbonyl (C=O) groups is 1. The van der Waals surface area contributed by atoms with Gasteiger partial charge in [0.25, 0.3) is 0 Å². The molecule has 4 nitrogen and oxygen atoms in total. The van der Waals surface area contributed by atoms with Crippen LogP contribution in [0.15, 0.2) is 5.38 Å². The molecule has 1 aromatic rings. The van der Waals surface area contributed by atoms with Gasteiger partial charge in [-0.25, -0.2) is 4.98 Å². The molecule has 0 fully saturated rings. The Bertz CT molecular complexity index is 312. The van der Waals surface area contributed by atoms with Crippen LogP contribution in [0.3, 0.4) is 0 Å². The highest BCUT2D eigenvalue weighted by Gasteiger charge is 2.08. The van der Waals surface area contributed by atoms with Gasteiger partial charge < -0.3 is 10.4 Å². The fourth-order valence-corrected chi connectivity index (χ4v) is 1.64. The summed E-state index contributed by atoms with van der Waals surface area (Å²) in [5.74, 6) is -0.100. The molecule has 0 aliphatic heterocycles. The van der Waals surface area contributed by atoms with Crippen LogP contribution >= 0.6 is 11.3 Å². The zero-order valence-electron chi connectivity index (χ0n) is 8.28. The second kappa shape index (κ2) is 5.07. The van der Waals surface area contributed by atoms with Gasteiger partial charge in [-0.2, -0.15) is 0 Å². The molecule has 0 aliphatic carbocycles. The topological polar surface area (TPSA) is 62.2 Å². The average molecular weight is 214 g/mol. The van der Waals surface area contributed by atoms with Crippen molar-refractivity contribution < 1.29 is 9.90 Å². The lowest BCUT2D eigenvalue weighted by Gasteiger charge is -2.09. The van der Waals surface area contributed by atoms with Crippen molar-refractivity contribution in [3.05, 3.63) is 16.1 Å². The van der Waals surface area contributed by atoms with Gasteiger partial charge in [-0.1, -0.05) is 0 Å². The van der Waals surface area contributed by atoms with E-state index in [1.54, 1.807) is 6.92 Å². The number of thiazole rings is 1. The number of hydrogen-bond acceptors (Lipinski definition) is 4. The normalized spacial score (nSPS) is 12.5. The van der Waals surface area contributed by atoms with E-state index in [0.29, 0.717) is 0 Å². The van der Waals surface area contributed by atoms with E-state index in [4.69, 9.17) is 5.11 Å².